The van der Waals surface area contributed by atoms with E-state index in [1.165, 1.54) is 66.2 Å². The van der Waals surface area contributed by atoms with Gasteiger partial charge >= 0.3 is 0 Å². The summed E-state index contributed by atoms with van der Waals surface area (Å²) >= 11 is 7.83. The van der Waals surface area contributed by atoms with Gasteiger partial charge in [0, 0.05) is 40.5 Å². The van der Waals surface area contributed by atoms with Gasteiger partial charge in [-0.3, -0.25) is 10.2 Å². The van der Waals surface area contributed by atoms with Crippen LogP contribution in [-0.4, -0.2) is 55.1 Å². The van der Waals surface area contributed by atoms with Gasteiger partial charge in [0.2, 0.25) is 0 Å². The van der Waals surface area contributed by atoms with E-state index in [-0.39, 0.29) is 6.17 Å². The predicted molar refractivity (Wildman–Crippen MR) is 141 cm³/mol. The van der Waals surface area contributed by atoms with Gasteiger partial charge in [0.05, 0.1) is 6.17 Å². The van der Waals surface area contributed by atoms with Gasteiger partial charge < -0.3 is 16.4 Å². The summed E-state index contributed by atoms with van der Waals surface area (Å²) in [6, 6.07) is 11.3. The van der Waals surface area contributed by atoms with Crippen LogP contribution in [0.15, 0.2) is 30.3 Å². The minimum atomic E-state index is 0.0501. The van der Waals surface area contributed by atoms with E-state index in [1.807, 2.05) is 23.5 Å². The van der Waals surface area contributed by atoms with Crippen molar-refractivity contribution in [2.75, 3.05) is 39.3 Å². The zero-order chi connectivity index (χ0) is 23.2. The summed E-state index contributed by atoms with van der Waals surface area (Å²) in [5.41, 5.74) is 14.5. The molecule has 2 fully saturated rings. The second-order valence-corrected chi connectivity index (χ2v) is 11.5. The molecule has 1 aromatic carbocycles. The molecule has 0 amide bonds. The molecule has 33 heavy (non-hydrogen) atoms. The Morgan fingerprint density at radius 1 is 1.18 bits per heavy atom. The number of halogens is 1. The van der Waals surface area contributed by atoms with E-state index < -0.39 is 0 Å². The van der Waals surface area contributed by atoms with Crippen molar-refractivity contribution in [1.82, 2.24) is 15.1 Å². The van der Waals surface area contributed by atoms with Gasteiger partial charge in [-0.25, -0.2) is 0 Å². The summed E-state index contributed by atoms with van der Waals surface area (Å²) in [4.78, 5) is 8.01. The number of piperidine rings is 1. The van der Waals surface area contributed by atoms with Crippen LogP contribution in [0.5, 0.6) is 0 Å². The molecule has 5 N–H and O–H groups in total. The highest BCUT2D eigenvalue weighted by atomic mass is 35.5. The van der Waals surface area contributed by atoms with Crippen LogP contribution >= 0.6 is 22.9 Å². The average Bonchev–Trinajstić information content (AvgIpc) is 3.42. The number of aryl methyl sites for hydroxylation is 1. The van der Waals surface area contributed by atoms with Gasteiger partial charge in [0.25, 0.3) is 0 Å². The van der Waals surface area contributed by atoms with Crippen LogP contribution in [0, 0.1) is 5.92 Å². The number of hydrogen-bond acceptors (Lipinski definition) is 6. The van der Waals surface area contributed by atoms with E-state index in [4.69, 9.17) is 23.1 Å². The molecule has 3 aliphatic heterocycles. The summed E-state index contributed by atoms with van der Waals surface area (Å²) in [7, 11) is 0. The molecule has 0 spiro atoms. The molecule has 2 aromatic rings. The molecule has 0 saturated carbocycles. The molecule has 182 valence electrons. The number of nitrogens with zero attached hydrogens (tertiary/aromatic N) is 2. The lowest BCUT2D eigenvalue weighted by molar-refractivity contribution is 0.189. The number of benzene rings is 1. The van der Waals surface area contributed by atoms with Gasteiger partial charge in [0.1, 0.15) is 0 Å². The molecular formula is C26H40ClN5S. The number of fused-ring (bicyclic) bond motifs is 1. The third kappa shape index (κ3) is 7.49. The van der Waals surface area contributed by atoms with E-state index >= 15 is 0 Å². The Balaban J connectivity index is 0.000000157. The van der Waals surface area contributed by atoms with Crippen molar-refractivity contribution >= 4 is 22.9 Å². The fourth-order valence-corrected chi connectivity index (χ4v) is 6.16. The summed E-state index contributed by atoms with van der Waals surface area (Å²) < 4.78 is 0. The van der Waals surface area contributed by atoms with Gasteiger partial charge in [-0.2, -0.15) is 0 Å². The van der Waals surface area contributed by atoms with E-state index in [9.17, 15) is 0 Å². The zero-order valence-corrected chi connectivity index (χ0v) is 21.5. The maximum atomic E-state index is 6.12. The molecule has 0 bridgehead atoms. The van der Waals surface area contributed by atoms with E-state index in [0.717, 1.165) is 49.6 Å². The Labute approximate surface area is 208 Å². The summed E-state index contributed by atoms with van der Waals surface area (Å²) in [6.45, 7) is 10.1. The fourth-order valence-electron chi connectivity index (χ4n) is 4.75. The molecule has 3 unspecified atom stereocenters. The molecule has 7 heteroatoms. The zero-order valence-electron chi connectivity index (χ0n) is 19.9. The van der Waals surface area contributed by atoms with Crippen LogP contribution in [0.3, 0.4) is 0 Å². The van der Waals surface area contributed by atoms with Crippen LogP contribution in [0.4, 0.5) is 0 Å². The Morgan fingerprint density at radius 3 is 2.58 bits per heavy atom. The molecule has 4 heterocycles. The average molecular weight is 490 g/mol. The lowest BCUT2D eigenvalue weighted by atomic mass is 9.97. The highest BCUT2D eigenvalue weighted by Gasteiger charge is 2.29. The molecule has 5 rings (SSSR count). The first-order chi connectivity index (χ1) is 16.0. The lowest BCUT2D eigenvalue weighted by Crippen LogP contribution is -2.37. The number of thiophene rings is 1. The lowest BCUT2D eigenvalue weighted by Gasteiger charge is -2.31. The van der Waals surface area contributed by atoms with Crippen molar-refractivity contribution < 1.29 is 0 Å². The normalized spacial score (nSPS) is 25.6. The van der Waals surface area contributed by atoms with Crippen LogP contribution < -0.4 is 16.8 Å². The molecular weight excluding hydrogens is 450 g/mol. The second-order valence-electron chi connectivity index (χ2n) is 9.80. The standard InChI is InChI=1S/C14H21ClN2.C12H19N3S/c15-14-3-1-12(2-4-14)5-8-17-9-6-13(11-16)7-10-17;1-8-6-15(8)7-9-5-10-11(16-9)3-2-4-14-12(10)13/h1-4,13H,5-11,16H2;5,8,12,14H,2-4,6-7,13H2,1H3. The molecule has 3 aliphatic rings. The Morgan fingerprint density at radius 2 is 1.91 bits per heavy atom. The van der Waals surface area contributed by atoms with Crippen LogP contribution in [0.2, 0.25) is 5.02 Å². The van der Waals surface area contributed by atoms with Crippen LogP contribution in [0.25, 0.3) is 0 Å². The second kappa shape index (κ2) is 12.1. The number of hydrogen-bond donors (Lipinski definition) is 3. The molecule has 1 aromatic heterocycles. The Hall–Kier alpha value is -0.990. The van der Waals surface area contributed by atoms with Gasteiger partial charge in [-0.1, -0.05) is 23.7 Å². The maximum absolute atomic E-state index is 6.12. The highest BCUT2D eigenvalue weighted by molar-refractivity contribution is 7.12. The van der Waals surface area contributed by atoms with Crippen molar-refractivity contribution in [3.05, 3.63) is 56.2 Å². The van der Waals surface area contributed by atoms with Crippen molar-refractivity contribution in [1.29, 1.82) is 0 Å². The maximum Gasteiger partial charge on any atom is 0.0821 e. The Kier molecular flexibility index (Phi) is 9.22. The van der Waals surface area contributed by atoms with Gasteiger partial charge in [-0.15, -0.1) is 11.3 Å². The largest absolute Gasteiger partial charge is 0.330 e. The van der Waals surface area contributed by atoms with E-state index in [2.05, 4.69) is 40.2 Å². The number of nitrogens with one attached hydrogen (secondary N) is 1. The topological polar surface area (TPSA) is 70.3 Å². The number of likely N-dealkylation sites (tertiary alicyclic amines) is 1. The van der Waals surface area contributed by atoms with Crippen molar-refractivity contribution in [2.24, 2.45) is 17.4 Å². The highest BCUT2D eigenvalue weighted by Crippen LogP contribution is 2.31. The van der Waals surface area contributed by atoms with E-state index in [0.29, 0.717) is 0 Å². The summed E-state index contributed by atoms with van der Waals surface area (Å²) in [5.74, 6) is 0.752. The first-order valence-electron chi connectivity index (χ1n) is 12.5. The SMILES string of the molecule is CC1CN1Cc1cc2c(s1)CCCNC2N.NCC1CCN(CCc2ccc(Cl)cc2)CC1. The van der Waals surface area contributed by atoms with E-state index in [1.54, 1.807) is 0 Å². The van der Waals surface area contributed by atoms with Gasteiger partial charge in [0.15, 0.2) is 0 Å². The van der Waals surface area contributed by atoms with Gasteiger partial charge in [-0.05, 0) is 100 Å². The third-order valence-electron chi connectivity index (χ3n) is 7.19. The van der Waals surface area contributed by atoms with Crippen LogP contribution in [-0.2, 0) is 19.4 Å². The molecule has 5 nitrogen and oxygen atoms in total. The van der Waals surface area contributed by atoms with Crippen LogP contribution in [0.1, 0.15) is 53.2 Å². The van der Waals surface area contributed by atoms with Crippen molar-refractivity contribution in [3.8, 4) is 0 Å². The summed E-state index contributed by atoms with van der Waals surface area (Å²) in [5, 5.41) is 4.18. The fraction of sp³-hybridized carbons (Fsp3) is 0.615. The number of rotatable bonds is 6. The predicted octanol–water partition coefficient (Wildman–Crippen LogP) is 4.00. The molecule has 3 atom stereocenters. The minimum Gasteiger partial charge on any atom is -0.330 e. The Bertz CT molecular complexity index is 862. The van der Waals surface area contributed by atoms with Crippen molar-refractivity contribution in [3.63, 3.8) is 0 Å². The monoisotopic (exact) mass is 489 g/mol. The smallest absolute Gasteiger partial charge is 0.0821 e. The molecule has 0 radical (unpaired) electrons. The first-order valence-corrected chi connectivity index (χ1v) is 13.7. The summed E-state index contributed by atoms with van der Waals surface area (Å²) in [6.07, 6.45) is 6.09. The van der Waals surface area contributed by atoms with Crippen molar-refractivity contribution in [2.45, 2.75) is 57.8 Å². The third-order valence-corrected chi connectivity index (χ3v) is 8.64. The molecule has 2 saturated heterocycles. The number of nitrogens with two attached hydrogens (primary N) is 2. The quantitative estimate of drug-likeness (QED) is 0.535. The minimum absolute atomic E-state index is 0.0501. The first kappa shape index (κ1) is 25.1. The molecule has 0 aliphatic carbocycles.